The van der Waals surface area contributed by atoms with Crippen LogP contribution >= 0.6 is 0 Å². The lowest BCUT2D eigenvalue weighted by Crippen LogP contribution is -2.71. The van der Waals surface area contributed by atoms with Crippen LogP contribution < -0.4 is 20.3 Å². The predicted molar refractivity (Wildman–Crippen MR) is 129 cm³/mol. The van der Waals surface area contributed by atoms with Gasteiger partial charge < -0.3 is 9.64 Å². The number of nitrogens with one attached hydrogen (secondary N) is 2. The number of aromatic nitrogens is 4. The Balaban J connectivity index is 1.22. The lowest BCUT2D eigenvalue weighted by atomic mass is 9.92. The van der Waals surface area contributed by atoms with Gasteiger partial charge in [0.15, 0.2) is 11.4 Å². The third-order valence-corrected chi connectivity index (χ3v) is 6.47. The number of nitrogens with zero attached hydrogens (tertiary/aromatic N) is 6. The minimum atomic E-state index is -1.48. The van der Waals surface area contributed by atoms with E-state index in [-0.39, 0.29) is 0 Å². The Hall–Kier alpha value is -5.31. The average molecular weight is 494 g/mol. The summed E-state index contributed by atoms with van der Waals surface area (Å²) < 4.78 is 7.59. The van der Waals surface area contributed by atoms with Crippen molar-refractivity contribution < 1.29 is 19.1 Å². The maximum atomic E-state index is 12.7. The van der Waals surface area contributed by atoms with E-state index in [9.17, 15) is 14.4 Å². The number of carbonyl (C=O) groups is 3. The molecule has 182 valence electrons. The summed E-state index contributed by atoms with van der Waals surface area (Å²) >= 11 is 0. The number of hydrogen-bond donors (Lipinski definition) is 2. The Labute approximate surface area is 209 Å². The molecular formula is C25H18N8O4. The molecule has 0 unspecified atom stereocenters. The fourth-order valence-corrected chi connectivity index (χ4v) is 4.74. The van der Waals surface area contributed by atoms with Crippen molar-refractivity contribution in [3.63, 3.8) is 0 Å². The largest absolute Gasteiger partial charge is 0.439 e. The van der Waals surface area contributed by atoms with Crippen LogP contribution in [0.2, 0.25) is 0 Å². The van der Waals surface area contributed by atoms with Gasteiger partial charge in [-0.2, -0.15) is 10.4 Å². The summed E-state index contributed by atoms with van der Waals surface area (Å²) in [5.41, 5.74) is 0.369. The number of imide groups is 2. The zero-order valence-electron chi connectivity index (χ0n) is 19.2. The van der Waals surface area contributed by atoms with Crippen molar-refractivity contribution in [3.05, 3.63) is 66.6 Å². The van der Waals surface area contributed by atoms with Crippen LogP contribution in [0.4, 0.5) is 10.5 Å². The molecule has 1 spiro atoms. The first-order valence-electron chi connectivity index (χ1n) is 11.4. The highest BCUT2D eigenvalue weighted by Gasteiger charge is 2.57. The highest BCUT2D eigenvalue weighted by atomic mass is 16.5. The van der Waals surface area contributed by atoms with Crippen LogP contribution in [0.5, 0.6) is 11.6 Å². The Morgan fingerprint density at radius 3 is 2.51 bits per heavy atom. The molecule has 2 aliphatic rings. The monoisotopic (exact) mass is 494 g/mol. The van der Waals surface area contributed by atoms with E-state index in [0.29, 0.717) is 48.1 Å². The number of urea groups is 1. The zero-order chi connectivity index (χ0) is 25.6. The van der Waals surface area contributed by atoms with Gasteiger partial charge in [-0.05, 0) is 49.2 Å². The van der Waals surface area contributed by atoms with Crippen LogP contribution in [0.15, 0.2) is 61.1 Å². The van der Waals surface area contributed by atoms with Crippen LogP contribution in [0.3, 0.4) is 0 Å². The van der Waals surface area contributed by atoms with E-state index < -0.39 is 23.4 Å². The fourth-order valence-electron chi connectivity index (χ4n) is 4.74. The molecule has 12 heteroatoms. The van der Waals surface area contributed by atoms with E-state index in [1.165, 1.54) is 12.4 Å². The second kappa shape index (κ2) is 8.42. The minimum Gasteiger partial charge on any atom is -0.439 e. The van der Waals surface area contributed by atoms with Gasteiger partial charge in [-0.1, -0.05) is 0 Å². The molecule has 0 bridgehead atoms. The number of anilines is 1. The lowest BCUT2D eigenvalue weighted by molar-refractivity contribution is -0.137. The van der Waals surface area contributed by atoms with Crippen molar-refractivity contribution >= 4 is 34.4 Å². The molecule has 6 rings (SSSR count). The lowest BCUT2D eigenvalue weighted by Gasteiger charge is -2.38. The SMILES string of the molecule is N#Cc1ccc(-n2ncc3cc(Oc4ccc(N5CCCC56C(=O)NC(=O)NC6=O)cn4)ccc32)nc1. The van der Waals surface area contributed by atoms with E-state index in [1.54, 1.807) is 46.1 Å². The molecule has 0 atom stereocenters. The number of carbonyl (C=O) groups excluding carboxylic acids is 3. The van der Waals surface area contributed by atoms with E-state index in [1.807, 2.05) is 18.2 Å². The molecule has 12 nitrogen and oxygen atoms in total. The van der Waals surface area contributed by atoms with Crippen LogP contribution in [0, 0.1) is 11.3 Å². The number of benzene rings is 1. The summed E-state index contributed by atoms with van der Waals surface area (Å²) in [5, 5.41) is 18.6. The number of hydrogen-bond acceptors (Lipinski definition) is 9. The summed E-state index contributed by atoms with van der Waals surface area (Å²) in [6.45, 7) is 0.464. The van der Waals surface area contributed by atoms with Gasteiger partial charge in [0.1, 0.15) is 11.8 Å². The molecule has 2 fully saturated rings. The topological polar surface area (TPSA) is 155 Å². The van der Waals surface area contributed by atoms with Crippen LogP contribution in [-0.2, 0) is 9.59 Å². The van der Waals surface area contributed by atoms with Gasteiger partial charge in [0, 0.05) is 24.2 Å². The molecule has 4 amide bonds. The van der Waals surface area contributed by atoms with Crippen molar-refractivity contribution in [2.24, 2.45) is 0 Å². The molecule has 4 aromatic rings. The van der Waals surface area contributed by atoms with Gasteiger partial charge in [0.25, 0.3) is 11.8 Å². The van der Waals surface area contributed by atoms with E-state index >= 15 is 0 Å². The maximum absolute atomic E-state index is 12.7. The molecule has 2 N–H and O–H groups in total. The molecule has 2 aliphatic heterocycles. The number of rotatable bonds is 4. The molecule has 0 aliphatic carbocycles. The number of ether oxygens (including phenoxy) is 1. The van der Waals surface area contributed by atoms with Gasteiger partial charge in [-0.25, -0.2) is 19.4 Å². The molecular weight excluding hydrogens is 476 g/mol. The Bertz CT molecular complexity index is 1580. The standard InChI is InChI=1S/C25H18N8O4/c26-11-15-2-6-20(27-12-15)33-19-5-4-18(10-16(19)13-29-33)37-21-7-3-17(14-28-21)32-9-1-8-25(32)22(34)30-24(36)31-23(25)35/h2-7,10,12-14H,1,8-9H2,(H2,30,31,34,35,36). The van der Waals surface area contributed by atoms with E-state index in [2.05, 4.69) is 25.7 Å². The summed E-state index contributed by atoms with van der Waals surface area (Å²) in [6, 6.07) is 13.5. The Morgan fingerprint density at radius 2 is 1.81 bits per heavy atom. The second-order valence-corrected chi connectivity index (χ2v) is 8.60. The van der Waals surface area contributed by atoms with Crippen LogP contribution in [-0.4, -0.2) is 49.7 Å². The first-order valence-corrected chi connectivity index (χ1v) is 11.4. The summed E-state index contributed by atoms with van der Waals surface area (Å²) in [5.74, 6) is 0.185. The first-order chi connectivity index (χ1) is 18.0. The smallest absolute Gasteiger partial charge is 0.328 e. The predicted octanol–water partition coefficient (Wildman–Crippen LogP) is 2.18. The van der Waals surface area contributed by atoms with E-state index in [0.717, 1.165) is 10.9 Å². The summed E-state index contributed by atoms with van der Waals surface area (Å²) in [4.78, 5) is 47.2. The number of amides is 4. The van der Waals surface area contributed by atoms with Gasteiger partial charge in [-0.3, -0.25) is 20.2 Å². The highest BCUT2D eigenvalue weighted by Crippen LogP contribution is 2.36. The molecule has 5 heterocycles. The maximum Gasteiger partial charge on any atom is 0.328 e. The van der Waals surface area contributed by atoms with Crippen molar-refractivity contribution in [3.8, 4) is 23.5 Å². The minimum absolute atomic E-state index is 0.294. The number of fused-ring (bicyclic) bond motifs is 1. The highest BCUT2D eigenvalue weighted by molar-refractivity contribution is 6.24. The average Bonchev–Trinajstić information content (AvgIpc) is 3.53. The van der Waals surface area contributed by atoms with Crippen LogP contribution in [0.1, 0.15) is 18.4 Å². The van der Waals surface area contributed by atoms with Crippen molar-refractivity contribution in [1.29, 1.82) is 5.26 Å². The van der Waals surface area contributed by atoms with Crippen LogP contribution in [0.25, 0.3) is 16.7 Å². The van der Waals surface area contributed by atoms with Gasteiger partial charge in [0.2, 0.25) is 5.88 Å². The molecule has 0 radical (unpaired) electrons. The normalized spacial score (nSPS) is 16.5. The third-order valence-electron chi connectivity index (χ3n) is 6.47. The van der Waals surface area contributed by atoms with Crippen molar-refractivity contribution in [2.75, 3.05) is 11.4 Å². The van der Waals surface area contributed by atoms with Crippen molar-refractivity contribution in [1.82, 2.24) is 30.4 Å². The number of pyridine rings is 2. The fraction of sp³-hybridized carbons (Fsp3) is 0.160. The number of barbiturate groups is 1. The van der Waals surface area contributed by atoms with Gasteiger partial charge >= 0.3 is 6.03 Å². The third kappa shape index (κ3) is 3.61. The molecule has 0 saturated carbocycles. The summed E-state index contributed by atoms with van der Waals surface area (Å²) in [6.07, 6.45) is 5.62. The Morgan fingerprint density at radius 1 is 0.973 bits per heavy atom. The van der Waals surface area contributed by atoms with Crippen molar-refractivity contribution in [2.45, 2.75) is 18.4 Å². The molecule has 3 aromatic heterocycles. The van der Waals surface area contributed by atoms with Gasteiger partial charge in [0.05, 0.1) is 29.2 Å². The number of nitriles is 1. The quantitative estimate of drug-likeness (QED) is 0.406. The molecule has 37 heavy (non-hydrogen) atoms. The first kappa shape index (κ1) is 22.2. The van der Waals surface area contributed by atoms with Gasteiger partial charge in [-0.15, -0.1) is 0 Å². The summed E-state index contributed by atoms with van der Waals surface area (Å²) in [7, 11) is 0. The zero-order valence-corrected chi connectivity index (χ0v) is 19.2. The Kier molecular flexibility index (Phi) is 5.04. The second-order valence-electron chi connectivity index (χ2n) is 8.60. The molecule has 1 aromatic carbocycles. The van der Waals surface area contributed by atoms with E-state index in [4.69, 9.17) is 10.00 Å². The molecule has 2 saturated heterocycles.